The van der Waals surface area contributed by atoms with E-state index in [1.54, 1.807) is 4.90 Å². The largest absolute Gasteiger partial charge is 0.376 e. The molecular formula is C12H18N4O4. The molecule has 0 spiro atoms. The second kappa shape index (κ2) is 5.28. The first kappa shape index (κ1) is 13.2. The average molecular weight is 282 g/mol. The number of carbonyl (C=O) groups is 3. The summed E-state index contributed by atoms with van der Waals surface area (Å²) >= 11 is 0. The number of carbonyl (C=O) groups excluding carboxylic acids is 3. The molecule has 0 radical (unpaired) electrons. The Kier molecular flexibility index (Phi) is 3.47. The van der Waals surface area contributed by atoms with E-state index in [4.69, 9.17) is 4.74 Å². The van der Waals surface area contributed by atoms with E-state index in [1.165, 1.54) is 4.90 Å². The van der Waals surface area contributed by atoms with Gasteiger partial charge < -0.3 is 19.9 Å². The van der Waals surface area contributed by atoms with Crippen molar-refractivity contribution in [1.29, 1.82) is 0 Å². The monoisotopic (exact) mass is 282 g/mol. The van der Waals surface area contributed by atoms with Gasteiger partial charge >= 0.3 is 12.1 Å². The number of hydrogen-bond donors (Lipinski definition) is 2. The fourth-order valence-electron chi connectivity index (χ4n) is 2.81. The highest BCUT2D eigenvalue weighted by atomic mass is 16.5. The molecule has 2 atom stereocenters. The van der Waals surface area contributed by atoms with Gasteiger partial charge in [-0.05, 0) is 12.8 Å². The lowest BCUT2D eigenvalue weighted by atomic mass is 10.2. The summed E-state index contributed by atoms with van der Waals surface area (Å²) < 4.78 is 5.44. The molecule has 20 heavy (non-hydrogen) atoms. The molecule has 0 bridgehead atoms. The van der Waals surface area contributed by atoms with E-state index in [0.717, 1.165) is 19.4 Å². The van der Waals surface area contributed by atoms with E-state index in [-0.39, 0.29) is 30.6 Å². The van der Waals surface area contributed by atoms with Crippen molar-refractivity contribution in [2.45, 2.75) is 25.0 Å². The molecule has 5 amide bonds. The topological polar surface area (TPSA) is 91.0 Å². The fraction of sp³-hybridized carbons (Fsp3) is 0.750. The fourth-order valence-corrected chi connectivity index (χ4v) is 2.81. The number of piperazine rings is 1. The summed E-state index contributed by atoms with van der Waals surface area (Å²) in [4.78, 5) is 38.2. The Bertz CT molecular complexity index is 435. The number of urea groups is 2. The van der Waals surface area contributed by atoms with Crippen LogP contribution in [0.25, 0.3) is 0 Å². The van der Waals surface area contributed by atoms with Crippen LogP contribution >= 0.6 is 0 Å². The first-order chi connectivity index (χ1) is 9.65. The molecule has 3 aliphatic rings. The van der Waals surface area contributed by atoms with Crippen LogP contribution < -0.4 is 10.6 Å². The summed E-state index contributed by atoms with van der Waals surface area (Å²) in [5, 5.41) is 5.09. The quantitative estimate of drug-likeness (QED) is 0.643. The van der Waals surface area contributed by atoms with E-state index in [0.29, 0.717) is 19.6 Å². The maximum absolute atomic E-state index is 12.1. The number of ether oxygens (including phenoxy) is 1. The number of fused-ring (bicyclic) bond motifs is 1. The molecular weight excluding hydrogens is 264 g/mol. The minimum absolute atomic E-state index is 0.0941. The second-order valence-corrected chi connectivity index (χ2v) is 5.27. The molecule has 3 heterocycles. The smallest absolute Gasteiger partial charge is 0.324 e. The third kappa shape index (κ3) is 2.43. The van der Waals surface area contributed by atoms with Gasteiger partial charge in [-0.1, -0.05) is 0 Å². The number of nitrogens with zero attached hydrogens (tertiary/aromatic N) is 2. The Morgan fingerprint density at radius 1 is 1.40 bits per heavy atom. The zero-order chi connectivity index (χ0) is 14.1. The molecule has 0 aliphatic carbocycles. The van der Waals surface area contributed by atoms with Crippen molar-refractivity contribution >= 4 is 18.0 Å². The maximum Gasteiger partial charge on any atom is 0.324 e. The van der Waals surface area contributed by atoms with E-state index in [9.17, 15) is 14.4 Å². The normalized spacial score (nSPS) is 29.4. The van der Waals surface area contributed by atoms with E-state index in [2.05, 4.69) is 10.6 Å². The summed E-state index contributed by atoms with van der Waals surface area (Å²) in [7, 11) is 0. The number of nitrogens with one attached hydrogen (secondary N) is 2. The molecule has 0 aromatic heterocycles. The van der Waals surface area contributed by atoms with Gasteiger partial charge in [0, 0.05) is 26.2 Å². The summed E-state index contributed by atoms with van der Waals surface area (Å²) in [5.41, 5.74) is 0. The molecule has 3 saturated heterocycles. The highest BCUT2D eigenvalue weighted by molar-refractivity contribution is 6.04. The summed E-state index contributed by atoms with van der Waals surface area (Å²) in [5.74, 6) is -0.327. The van der Waals surface area contributed by atoms with Gasteiger partial charge in [0.2, 0.25) is 0 Å². The minimum Gasteiger partial charge on any atom is -0.376 e. The van der Waals surface area contributed by atoms with Crippen molar-refractivity contribution in [3.63, 3.8) is 0 Å². The molecule has 0 aromatic carbocycles. The standard InChI is InChI=1S/C12H18N4O4/c17-10-9-7-15(3-4-16(9)12(19)14-10)11(18)13-6-8-2-1-5-20-8/h8-9H,1-7H2,(H,13,18)(H,14,17,19)/t8-,9-/m1/s1. The van der Waals surface area contributed by atoms with E-state index < -0.39 is 6.04 Å². The lowest BCUT2D eigenvalue weighted by Crippen LogP contribution is -2.57. The van der Waals surface area contributed by atoms with Gasteiger partial charge in [-0.15, -0.1) is 0 Å². The molecule has 8 heteroatoms. The van der Waals surface area contributed by atoms with Gasteiger partial charge in [0.1, 0.15) is 6.04 Å². The molecule has 2 N–H and O–H groups in total. The van der Waals surface area contributed by atoms with Crippen LogP contribution in [0.3, 0.4) is 0 Å². The first-order valence-electron chi connectivity index (χ1n) is 6.91. The SMILES string of the molecule is O=C1NC(=O)N2CCN(C(=O)NC[C@H]3CCCO3)C[C@H]12. The van der Waals surface area contributed by atoms with Crippen molar-refractivity contribution in [2.24, 2.45) is 0 Å². The van der Waals surface area contributed by atoms with Gasteiger partial charge in [0.05, 0.1) is 12.6 Å². The predicted octanol–water partition coefficient (Wildman–Crippen LogP) is -0.889. The van der Waals surface area contributed by atoms with Crippen molar-refractivity contribution in [2.75, 3.05) is 32.8 Å². The van der Waals surface area contributed by atoms with Crippen molar-refractivity contribution in [3.05, 3.63) is 0 Å². The minimum atomic E-state index is -0.551. The maximum atomic E-state index is 12.1. The van der Waals surface area contributed by atoms with Gasteiger partial charge in [-0.25, -0.2) is 9.59 Å². The summed E-state index contributed by atoms with van der Waals surface area (Å²) in [6, 6.07) is -1.11. The molecule has 0 unspecified atom stereocenters. The van der Waals surface area contributed by atoms with Crippen LogP contribution in [0.2, 0.25) is 0 Å². The summed E-state index contributed by atoms with van der Waals surface area (Å²) in [6.45, 7) is 2.32. The number of amides is 5. The molecule has 110 valence electrons. The number of imide groups is 1. The van der Waals surface area contributed by atoms with Crippen LogP contribution in [0.1, 0.15) is 12.8 Å². The number of rotatable bonds is 2. The van der Waals surface area contributed by atoms with Crippen molar-refractivity contribution in [3.8, 4) is 0 Å². The second-order valence-electron chi connectivity index (χ2n) is 5.27. The third-order valence-electron chi connectivity index (χ3n) is 3.97. The molecule has 0 aromatic rings. The van der Waals surface area contributed by atoms with Crippen LogP contribution in [0.15, 0.2) is 0 Å². The Hall–Kier alpha value is -1.83. The zero-order valence-corrected chi connectivity index (χ0v) is 11.1. The van der Waals surface area contributed by atoms with Gasteiger partial charge in [-0.2, -0.15) is 0 Å². The highest BCUT2D eigenvalue weighted by Gasteiger charge is 2.43. The Balaban J connectivity index is 1.51. The predicted molar refractivity (Wildman–Crippen MR) is 68.0 cm³/mol. The Labute approximate surface area is 116 Å². The van der Waals surface area contributed by atoms with Crippen LogP contribution in [0, 0.1) is 0 Å². The number of hydrogen-bond acceptors (Lipinski definition) is 4. The molecule has 0 saturated carbocycles. The van der Waals surface area contributed by atoms with Crippen molar-refractivity contribution in [1.82, 2.24) is 20.4 Å². The van der Waals surface area contributed by atoms with E-state index >= 15 is 0 Å². The lowest BCUT2D eigenvalue weighted by Gasteiger charge is -2.35. The van der Waals surface area contributed by atoms with E-state index in [1.807, 2.05) is 0 Å². The Morgan fingerprint density at radius 2 is 2.25 bits per heavy atom. The molecule has 3 fully saturated rings. The average Bonchev–Trinajstić information content (AvgIpc) is 3.05. The Morgan fingerprint density at radius 3 is 3.00 bits per heavy atom. The van der Waals surface area contributed by atoms with Crippen molar-refractivity contribution < 1.29 is 19.1 Å². The molecule has 8 nitrogen and oxygen atoms in total. The van der Waals surface area contributed by atoms with Crippen LogP contribution in [0.5, 0.6) is 0 Å². The van der Waals surface area contributed by atoms with Crippen LogP contribution in [0.4, 0.5) is 9.59 Å². The molecule has 3 rings (SSSR count). The van der Waals surface area contributed by atoms with Crippen LogP contribution in [-0.4, -0.2) is 72.7 Å². The summed E-state index contributed by atoms with van der Waals surface area (Å²) in [6.07, 6.45) is 2.09. The first-order valence-corrected chi connectivity index (χ1v) is 6.91. The van der Waals surface area contributed by atoms with Gasteiger partial charge in [0.25, 0.3) is 5.91 Å². The lowest BCUT2D eigenvalue weighted by molar-refractivity contribution is -0.122. The third-order valence-corrected chi connectivity index (χ3v) is 3.97. The molecule has 3 aliphatic heterocycles. The zero-order valence-electron chi connectivity index (χ0n) is 11.1. The van der Waals surface area contributed by atoms with Crippen LogP contribution in [-0.2, 0) is 9.53 Å². The van der Waals surface area contributed by atoms with Gasteiger partial charge in [-0.3, -0.25) is 10.1 Å². The highest BCUT2D eigenvalue weighted by Crippen LogP contribution is 2.15. The van der Waals surface area contributed by atoms with Gasteiger partial charge in [0.15, 0.2) is 0 Å².